The summed E-state index contributed by atoms with van der Waals surface area (Å²) in [6.45, 7) is 2.36. The van der Waals surface area contributed by atoms with Crippen molar-refractivity contribution in [3.8, 4) is 5.75 Å². The minimum Gasteiger partial charge on any atom is -0.489 e. The summed E-state index contributed by atoms with van der Waals surface area (Å²) < 4.78 is 5.88. The van der Waals surface area contributed by atoms with E-state index in [1.165, 1.54) is 0 Å². The van der Waals surface area contributed by atoms with Crippen molar-refractivity contribution >= 4 is 28.9 Å². The first-order chi connectivity index (χ1) is 15.1. The van der Waals surface area contributed by atoms with E-state index in [-0.39, 0.29) is 11.9 Å². The molecule has 3 N–H and O–H groups in total. The van der Waals surface area contributed by atoms with Crippen LogP contribution in [0.15, 0.2) is 96.2 Å². The molecule has 0 fully saturated rings. The highest BCUT2D eigenvalue weighted by atomic mass is 32.1. The van der Waals surface area contributed by atoms with E-state index < -0.39 is 0 Å². The molecule has 1 unspecified atom stereocenters. The van der Waals surface area contributed by atoms with E-state index in [1.54, 1.807) is 0 Å². The molecule has 4 rings (SSSR count). The van der Waals surface area contributed by atoms with Crippen LogP contribution in [0.3, 0.4) is 0 Å². The second-order valence-electron chi connectivity index (χ2n) is 7.23. The van der Waals surface area contributed by atoms with E-state index in [4.69, 9.17) is 17.0 Å². The van der Waals surface area contributed by atoms with Crippen LogP contribution >= 0.6 is 12.2 Å². The maximum atomic E-state index is 13.1. The van der Waals surface area contributed by atoms with Gasteiger partial charge in [0, 0.05) is 11.4 Å². The minimum absolute atomic E-state index is 0.180. The first kappa shape index (κ1) is 20.6. The quantitative estimate of drug-likeness (QED) is 0.496. The maximum Gasteiger partial charge on any atom is 0.255 e. The molecule has 1 heterocycles. The highest BCUT2D eigenvalue weighted by Gasteiger charge is 2.29. The van der Waals surface area contributed by atoms with Gasteiger partial charge in [-0.1, -0.05) is 60.7 Å². The van der Waals surface area contributed by atoms with E-state index in [2.05, 4.69) is 16.0 Å². The molecule has 6 heteroatoms. The van der Waals surface area contributed by atoms with Crippen LogP contribution in [0.5, 0.6) is 5.75 Å². The summed E-state index contributed by atoms with van der Waals surface area (Å²) in [5, 5.41) is 9.73. The number of nitrogens with one attached hydrogen (secondary N) is 3. The topological polar surface area (TPSA) is 62.4 Å². The molecule has 3 aromatic carbocycles. The first-order valence-electron chi connectivity index (χ1n) is 10.0. The SMILES string of the molecule is CC1=C(C(=O)Nc2ccccc2)C(c2ccc(OCc3ccccc3)cc2)NC(=S)N1. The summed E-state index contributed by atoms with van der Waals surface area (Å²) in [5.41, 5.74) is 4.09. The highest BCUT2D eigenvalue weighted by Crippen LogP contribution is 2.29. The summed E-state index contributed by atoms with van der Waals surface area (Å²) in [4.78, 5) is 13.1. The van der Waals surface area contributed by atoms with Gasteiger partial charge in [0.25, 0.3) is 5.91 Å². The van der Waals surface area contributed by atoms with Crippen LogP contribution in [0.1, 0.15) is 24.1 Å². The van der Waals surface area contributed by atoms with Gasteiger partial charge >= 0.3 is 0 Å². The van der Waals surface area contributed by atoms with Gasteiger partial charge in [-0.3, -0.25) is 4.79 Å². The van der Waals surface area contributed by atoms with Crippen molar-refractivity contribution in [3.63, 3.8) is 0 Å². The number of benzene rings is 3. The van der Waals surface area contributed by atoms with Crippen molar-refractivity contribution in [1.82, 2.24) is 10.6 Å². The molecule has 0 radical (unpaired) electrons. The Balaban J connectivity index is 1.52. The predicted octanol–water partition coefficient (Wildman–Crippen LogP) is 4.70. The van der Waals surface area contributed by atoms with Gasteiger partial charge in [0.15, 0.2) is 5.11 Å². The van der Waals surface area contributed by atoms with Crippen molar-refractivity contribution in [2.45, 2.75) is 19.6 Å². The maximum absolute atomic E-state index is 13.1. The lowest BCUT2D eigenvalue weighted by Gasteiger charge is -2.30. The van der Waals surface area contributed by atoms with Gasteiger partial charge in [0.1, 0.15) is 12.4 Å². The fraction of sp³-hybridized carbons (Fsp3) is 0.120. The Kier molecular flexibility index (Phi) is 6.29. The van der Waals surface area contributed by atoms with Crippen molar-refractivity contribution in [1.29, 1.82) is 0 Å². The van der Waals surface area contributed by atoms with Gasteiger partial charge in [-0.2, -0.15) is 0 Å². The Morgan fingerprint density at radius 3 is 2.29 bits per heavy atom. The van der Waals surface area contributed by atoms with Crippen molar-refractivity contribution in [2.75, 3.05) is 5.32 Å². The molecule has 1 atom stereocenters. The fourth-order valence-corrected chi connectivity index (χ4v) is 3.73. The third kappa shape index (κ3) is 5.10. The molecule has 31 heavy (non-hydrogen) atoms. The number of ether oxygens (including phenoxy) is 1. The second kappa shape index (κ2) is 9.45. The number of carbonyl (C=O) groups excluding carboxylic acids is 1. The molecule has 5 nitrogen and oxygen atoms in total. The number of anilines is 1. The number of carbonyl (C=O) groups is 1. The Hall–Kier alpha value is -3.64. The lowest BCUT2D eigenvalue weighted by atomic mass is 9.95. The number of rotatable bonds is 6. The van der Waals surface area contributed by atoms with Crippen molar-refractivity contribution < 1.29 is 9.53 Å². The monoisotopic (exact) mass is 429 g/mol. The van der Waals surface area contributed by atoms with E-state index in [0.29, 0.717) is 17.3 Å². The summed E-state index contributed by atoms with van der Waals surface area (Å²) in [7, 11) is 0. The largest absolute Gasteiger partial charge is 0.489 e. The van der Waals surface area contributed by atoms with E-state index in [0.717, 1.165) is 28.3 Å². The normalized spacial score (nSPS) is 15.6. The molecule has 1 amide bonds. The summed E-state index contributed by atoms with van der Waals surface area (Å²) in [5.74, 6) is 0.584. The van der Waals surface area contributed by atoms with E-state index >= 15 is 0 Å². The average Bonchev–Trinajstić information content (AvgIpc) is 2.79. The molecule has 0 aromatic heterocycles. The van der Waals surface area contributed by atoms with Crippen LogP contribution in [-0.4, -0.2) is 11.0 Å². The molecule has 0 aliphatic carbocycles. The molecule has 0 bridgehead atoms. The predicted molar refractivity (Wildman–Crippen MR) is 127 cm³/mol. The lowest BCUT2D eigenvalue weighted by molar-refractivity contribution is -0.113. The third-order valence-electron chi connectivity index (χ3n) is 5.01. The van der Waals surface area contributed by atoms with Gasteiger partial charge in [0.05, 0.1) is 11.6 Å². The lowest BCUT2D eigenvalue weighted by Crippen LogP contribution is -2.45. The molecule has 0 saturated heterocycles. The number of hydrogen-bond acceptors (Lipinski definition) is 3. The second-order valence-corrected chi connectivity index (χ2v) is 7.64. The average molecular weight is 430 g/mol. The molecule has 1 aliphatic heterocycles. The fourth-order valence-electron chi connectivity index (χ4n) is 3.46. The van der Waals surface area contributed by atoms with Crippen LogP contribution in [0.2, 0.25) is 0 Å². The Labute approximate surface area is 187 Å². The number of amides is 1. The zero-order valence-corrected chi connectivity index (χ0v) is 17.9. The van der Waals surface area contributed by atoms with E-state index in [1.807, 2.05) is 91.9 Å². The van der Waals surface area contributed by atoms with Gasteiger partial charge < -0.3 is 20.7 Å². The van der Waals surface area contributed by atoms with E-state index in [9.17, 15) is 4.79 Å². The number of allylic oxidation sites excluding steroid dienone is 1. The number of thiocarbonyl (C=S) groups is 1. The van der Waals surface area contributed by atoms with Crippen molar-refractivity contribution in [3.05, 3.63) is 107 Å². The summed E-state index contributed by atoms with van der Waals surface area (Å²) in [6.07, 6.45) is 0. The Morgan fingerprint density at radius 2 is 1.61 bits per heavy atom. The van der Waals surface area contributed by atoms with Crippen LogP contribution in [0.25, 0.3) is 0 Å². The summed E-state index contributed by atoms with van der Waals surface area (Å²) in [6, 6.07) is 26.8. The van der Waals surface area contributed by atoms with Crippen LogP contribution < -0.4 is 20.7 Å². The standard InChI is InChI=1S/C25H23N3O2S/c1-17-22(24(29)27-20-10-6-3-7-11-20)23(28-25(31)26-17)19-12-14-21(15-13-19)30-16-18-8-4-2-5-9-18/h2-15,23H,16H2,1H3,(H,27,29)(H2,26,28,31). The Bertz CT molecular complexity index is 1100. The van der Waals surface area contributed by atoms with Gasteiger partial charge in [0.2, 0.25) is 0 Å². The molecule has 156 valence electrons. The molecule has 3 aromatic rings. The zero-order valence-electron chi connectivity index (χ0n) is 17.1. The molecule has 0 spiro atoms. The van der Waals surface area contributed by atoms with Gasteiger partial charge in [-0.15, -0.1) is 0 Å². The minimum atomic E-state index is -0.361. The number of para-hydroxylation sites is 1. The summed E-state index contributed by atoms with van der Waals surface area (Å²) >= 11 is 5.34. The molecule has 0 saturated carbocycles. The van der Waals surface area contributed by atoms with Crippen LogP contribution in [-0.2, 0) is 11.4 Å². The smallest absolute Gasteiger partial charge is 0.255 e. The van der Waals surface area contributed by atoms with Crippen LogP contribution in [0.4, 0.5) is 5.69 Å². The molecular formula is C25H23N3O2S. The van der Waals surface area contributed by atoms with Gasteiger partial charge in [-0.25, -0.2) is 0 Å². The highest BCUT2D eigenvalue weighted by molar-refractivity contribution is 7.80. The third-order valence-corrected chi connectivity index (χ3v) is 5.23. The first-order valence-corrected chi connectivity index (χ1v) is 10.4. The van der Waals surface area contributed by atoms with Gasteiger partial charge in [-0.05, 0) is 54.5 Å². The molecular weight excluding hydrogens is 406 g/mol. The zero-order chi connectivity index (χ0) is 21.6. The molecule has 1 aliphatic rings. The Morgan fingerprint density at radius 1 is 0.968 bits per heavy atom. The van der Waals surface area contributed by atoms with Crippen molar-refractivity contribution in [2.24, 2.45) is 0 Å². The number of hydrogen-bond donors (Lipinski definition) is 3. The van der Waals surface area contributed by atoms with Crippen LogP contribution in [0, 0.1) is 0 Å².